The van der Waals surface area contributed by atoms with Gasteiger partial charge >= 0.3 is 0 Å². The summed E-state index contributed by atoms with van der Waals surface area (Å²) in [4.78, 5) is 16.0. The second-order valence-electron chi connectivity index (χ2n) is 11.4. The van der Waals surface area contributed by atoms with E-state index >= 15 is 0 Å². The predicted octanol–water partition coefficient (Wildman–Crippen LogP) is 8.70. The smallest absolute Gasteiger partial charge is 0.194 e. The fourth-order valence-electron chi connectivity index (χ4n) is 6.72. The number of nitrogens with zero attached hydrogens (tertiary/aromatic N) is 3. The van der Waals surface area contributed by atoms with Gasteiger partial charge in [0.05, 0.1) is 11.4 Å². The summed E-state index contributed by atoms with van der Waals surface area (Å²) in [6.07, 6.45) is 3.82. The Morgan fingerprint density at radius 3 is 2.15 bits per heavy atom. The molecule has 1 heterocycles. The van der Waals surface area contributed by atoms with Crippen molar-refractivity contribution >= 4 is 33.5 Å². The van der Waals surface area contributed by atoms with Gasteiger partial charge in [0, 0.05) is 27.8 Å². The standard InChI is InChI=1S/C37H29N3O/c1-22-18-23(2)35(24(3)19-22)40-31-16-14-25-10-6-7-11-27(25)34(31)37(4,5)32(40)17-15-30-33(26(20-38)21-39)28-12-8-9-13-29(28)36(30)41/h6-19H,1-5H3/b30-15+,32-17+. The highest BCUT2D eigenvalue weighted by atomic mass is 16.1. The fourth-order valence-corrected chi connectivity index (χ4v) is 6.72. The van der Waals surface area contributed by atoms with Crippen LogP contribution in [0.1, 0.15) is 52.0 Å². The summed E-state index contributed by atoms with van der Waals surface area (Å²) in [5.41, 5.74) is 9.45. The Hall–Kier alpha value is -5.19. The lowest BCUT2D eigenvalue weighted by atomic mass is 9.81. The van der Waals surface area contributed by atoms with E-state index in [1.807, 2.05) is 30.4 Å². The molecule has 0 radical (unpaired) electrons. The van der Waals surface area contributed by atoms with E-state index in [9.17, 15) is 15.3 Å². The SMILES string of the molecule is Cc1cc(C)c(N2/C(=C/C=C3/C(=O)c4ccccc4C3=C(C#N)C#N)C(C)(C)c3c2ccc2ccccc32)c(C)c1. The molecular weight excluding hydrogens is 502 g/mol. The van der Waals surface area contributed by atoms with Crippen LogP contribution in [0.25, 0.3) is 16.3 Å². The van der Waals surface area contributed by atoms with E-state index in [1.54, 1.807) is 18.2 Å². The van der Waals surface area contributed by atoms with Gasteiger partial charge in [-0.1, -0.05) is 86.1 Å². The zero-order valence-corrected chi connectivity index (χ0v) is 23.8. The first-order chi connectivity index (χ1) is 19.7. The van der Waals surface area contributed by atoms with Crippen molar-refractivity contribution < 1.29 is 4.79 Å². The Morgan fingerprint density at radius 1 is 0.829 bits per heavy atom. The molecule has 0 fully saturated rings. The van der Waals surface area contributed by atoms with Gasteiger partial charge in [0.1, 0.15) is 17.7 Å². The van der Waals surface area contributed by atoms with E-state index in [2.05, 4.69) is 88.0 Å². The molecule has 0 spiro atoms. The molecule has 4 aromatic carbocycles. The zero-order valence-electron chi connectivity index (χ0n) is 23.8. The molecule has 0 atom stereocenters. The van der Waals surface area contributed by atoms with Crippen LogP contribution in [0, 0.1) is 43.4 Å². The van der Waals surface area contributed by atoms with Gasteiger partial charge in [0.25, 0.3) is 0 Å². The number of aryl methyl sites for hydroxylation is 3. The van der Waals surface area contributed by atoms with Crippen LogP contribution in [0.3, 0.4) is 0 Å². The summed E-state index contributed by atoms with van der Waals surface area (Å²) in [5, 5.41) is 21.9. The van der Waals surface area contributed by atoms with Gasteiger partial charge in [0.2, 0.25) is 0 Å². The van der Waals surface area contributed by atoms with E-state index < -0.39 is 5.41 Å². The highest BCUT2D eigenvalue weighted by Gasteiger charge is 2.43. The van der Waals surface area contributed by atoms with Crippen LogP contribution < -0.4 is 4.90 Å². The fraction of sp³-hybridized carbons (Fsp3) is 0.162. The molecule has 6 rings (SSSR count). The summed E-state index contributed by atoms with van der Waals surface area (Å²) in [7, 11) is 0. The Bertz CT molecular complexity index is 1950. The summed E-state index contributed by atoms with van der Waals surface area (Å²) in [5.74, 6) is -0.177. The summed E-state index contributed by atoms with van der Waals surface area (Å²) < 4.78 is 0. The maximum absolute atomic E-state index is 13.6. The van der Waals surface area contributed by atoms with E-state index in [4.69, 9.17) is 0 Å². The minimum absolute atomic E-state index is 0.0602. The lowest BCUT2D eigenvalue weighted by Gasteiger charge is -2.30. The first-order valence-electron chi connectivity index (χ1n) is 13.7. The molecule has 0 saturated heterocycles. The monoisotopic (exact) mass is 531 g/mol. The molecule has 1 aliphatic carbocycles. The zero-order chi connectivity index (χ0) is 29.1. The first-order valence-corrected chi connectivity index (χ1v) is 13.7. The third-order valence-electron chi connectivity index (χ3n) is 8.35. The number of rotatable bonds is 2. The average Bonchev–Trinajstić information content (AvgIpc) is 3.35. The summed E-state index contributed by atoms with van der Waals surface area (Å²) in [6.45, 7) is 10.8. The van der Waals surface area contributed by atoms with Gasteiger partial charge in [-0.2, -0.15) is 10.5 Å². The maximum Gasteiger partial charge on any atom is 0.194 e. The van der Waals surface area contributed by atoms with Crippen molar-refractivity contribution in [1.29, 1.82) is 10.5 Å². The van der Waals surface area contributed by atoms with Gasteiger partial charge in [0.15, 0.2) is 5.78 Å². The van der Waals surface area contributed by atoms with Gasteiger partial charge in [-0.05, 0) is 72.0 Å². The number of fused-ring (bicyclic) bond motifs is 4. The number of nitriles is 2. The quantitative estimate of drug-likeness (QED) is 0.192. The van der Waals surface area contributed by atoms with Crippen LogP contribution in [-0.4, -0.2) is 5.78 Å². The van der Waals surface area contributed by atoms with Gasteiger partial charge in [-0.15, -0.1) is 0 Å². The molecule has 1 aliphatic heterocycles. The highest BCUT2D eigenvalue weighted by Crippen LogP contribution is 2.55. The lowest BCUT2D eigenvalue weighted by molar-refractivity contribution is 0.104. The first kappa shape index (κ1) is 26.1. The number of ketones is 1. The van der Waals surface area contributed by atoms with Crippen LogP contribution in [0.15, 0.2) is 102 Å². The van der Waals surface area contributed by atoms with E-state index in [0.29, 0.717) is 22.3 Å². The molecule has 0 saturated carbocycles. The molecule has 4 heteroatoms. The average molecular weight is 532 g/mol. The van der Waals surface area contributed by atoms with Crippen molar-refractivity contribution in [3.05, 3.63) is 135 Å². The normalized spacial score (nSPS) is 17.1. The number of Topliss-reactive ketones (excluding diaryl/α,β-unsaturated/α-hetero) is 1. The Morgan fingerprint density at radius 2 is 1.46 bits per heavy atom. The van der Waals surface area contributed by atoms with Crippen molar-refractivity contribution in [3.8, 4) is 12.1 Å². The van der Waals surface area contributed by atoms with Crippen LogP contribution in [0.5, 0.6) is 0 Å². The number of benzene rings is 4. The summed E-state index contributed by atoms with van der Waals surface area (Å²) >= 11 is 0. The molecule has 198 valence electrons. The van der Waals surface area contributed by atoms with Crippen molar-refractivity contribution in [2.24, 2.45) is 0 Å². The second kappa shape index (κ2) is 9.47. The third kappa shape index (κ3) is 3.84. The minimum atomic E-state index is -0.414. The van der Waals surface area contributed by atoms with Crippen molar-refractivity contribution in [2.75, 3.05) is 4.90 Å². The van der Waals surface area contributed by atoms with E-state index in [1.165, 1.54) is 33.0 Å². The van der Waals surface area contributed by atoms with Crippen LogP contribution in [0.2, 0.25) is 0 Å². The summed E-state index contributed by atoms with van der Waals surface area (Å²) in [6, 6.07) is 28.4. The number of hydrogen-bond donors (Lipinski definition) is 0. The Labute approximate surface area is 240 Å². The van der Waals surface area contributed by atoms with Crippen molar-refractivity contribution in [3.63, 3.8) is 0 Å². The minimum Gasteiger partial charge on any atom is -0.312 e. The molecule has 0 aromatic heterocycles. The number of hydrogen-bond acceptors (Lipinski definition) is 4. The molecule has 0 bridgehead atoms. The lowest BCUT2D eigenvalue weighted by Crippen LogP contribution is -2.24. The van der Waals surface area contributed by atoms with E-state index in [-0.39, 0.29) is 11.4 Å². The molecule has 0 amide bonds. The van der Waals surface area contributed by atoms with Crippen molar-refractivity contribution in [2.45, 2.75) is 40.0 Å². The van der Waals surface area contributed by atoms with Crippen LogP contribution in [-0.2, 0) is 5.41 Å². The predicted molar refractivity (Wildman–Crippen MR) is 165 cm³/mol. The van der Waals surface area contributed by atoms with E-state index in [0.717, 1.165) is 17.1 Å². The third-order valence-corrected chi connectivity index (χ3v) is 8.35. The Kier molecular flexibility index (Phi) is 6.02. The number of allylic oxidation sites excluding steroid dienone is 6. The molecule has 41 heavy (non-hydrogen) atoms. The molecule has 0 N–H and O–H groups in total. The number of anilines is 2. The number of carbonyl (C=O) groups is 1. The topological polar surface area (TPSA) is 67.9 Å². The van der Waals surface area contributed by atoms with Gasteiger partial charge in [-0.3, -0.25) is 4.79 Å². The molecule has 4 aromatic rings. The molecular formula is C37H29N3O. The van der Waals surface area contributed by atoms with Gasteiger partial charge < -0.3 is 4.90 Å². The van der Waals surface area contributed by atoms with Crippen LogP contribution in [0.4, 0.5) is 11.4 Å². The largest absolute Gasteiger partial charge is 0.312 e. The number of carbonyl (C=O) groups excluding carboxylic acids is 1. The van der Waals surface area contributed by atoms with Crippen molar-refractivity contribution in [1.82, 2.24) is 0 Å². The highest BCUT2D eigenvalue weighted by molar-refractivity contribution is 6.27. The molecule has 0 unspecified atom stereocenters. The molecule has 2 aliphatic rings. The van der Waals surface area contributed by atoms with Gasteiger partial charge in [-0.25, -0.2) is 0 Å². The maximum atomic E-state index is 13.6. The molecule has 4 nitrogen and oxygen atoms in total. The second-order valence-corrected chi connectivity index (χ2v) is 11.4. The Balaban J connectivity index is 1.66. The van der Waals surface area contributed by atoms with Crippen LogP contribution >= 0.6 is 0 Å².